The van der Waals surface area contributed by atoms with Gasteiger partial charge >= 0.3 is 5.97 Å². The Morgan fingerprint density at radius 2 is 2.50 bits per heavy atom. The van der Waals surface area contributed by atoms with E-state index in [0.717, 1.165) is 5.56 Å². The van der Waals surface area contributed by atoms with Crippen LogP contribution >= 0.6 is 11.3 Å². The highest BCUT2D eigenvalue weighted by molar-refractivity contribution is 7.12. The third-order valence-corrected chi connectivity index (χ3v) is 2.56. The van der Waals surface area contributed by atoms with Crippen molar-refractivity contribution in [1.29, 1.82) is 0 Å². The van der Waals surface area contributed by atoms with E-state index in [2.05, 4.69) is 0 Å². The Bertz CT molecular complexity index is 351. The van der Waals surface area contributed by atoms with Crippen LogP contribution in [0.3, 0.4) is 0 Å². The molecule has 0 unspecified atom stereocenters. The minimum Gasteiger partial charge on any atom is -0.487 e. The van der Waals surface area contributed by atoms with Gasteiger partial charge in [0, 0.05) is 10.9 Å². The van der Waals surface area contributed by atoms with E-state index < -0.39 is 5.97 Å². The summed E-state index contributed by atoms with van der Waals surface area (Å²) in [6, 6.07) is 0. The zero-order chi connectivity index (χ0) is 8.55. The van der Waals surface area contributed by atoms with Gasteiger partial charge in [0.2, 0.25) is 0 Å². The van der Waals surface area contributed by atoms with Gasteiger partial charge in [0.25, 0.3) is 0 Å². The van der Waals surface area contributed by atoms with Crippen molar-refractivity contribution in [1.82, 2.24) is 0 Å². The number of carboxylic acid groups (broad SMARTS) is 1. The molecule has 0 bridgehead atoms. The highest BCUT2D eigenvalue weighted by atomic mass is 32.1. The van der Waals surface area contributed by atoms with Crippen LogP contribution in [0, 0.1) is 0 Å². The molecule has 3 nitrogen and oxygen atoms in total. The average molecular weight is 182 g/mol. The lowest BCUT2D eigenvalue weighted by Crippen LogP contribution is -2.02. The van der Waals surface area contributed by atoms with Gasteiger partial charge in [-0.2, -0.15) is 0 Å². The Labute approximate surface area is 72.9 Å². The molecule has 12 heavy (non-hydrogen) atoms. The van der Waals surface area contributed by atoms with Gasteiger partial charge in [0.1, 0.15) is 6.61 Å². The number of thiophene rings is 1. The van der Waals surface area contributed by atoms with Crippen LogP contribution in [0.1, 0.15) is 15.2 Å². The van der Waals surface area contributed by atoms with E-state index in [1.807, 2.05) is 12.2 Å². The van der Waals surface area contributed by atoms with Gasteiger partial charge in [-0.05, 0) is 6.08 Å². The second-order valence-electron chi connectivity index (χ2n) is 2.37. The van der Waals surface area contributed by atoms with Crippen LogP contribution in [0.4, 0.5) is 0 Å². The first-order valence-electron chi connectivity index (χ1n) is 3.43. The summed E-state index contributed by atoms with van der Waals surface area (Å²) in [6.07, 6.45) is 3.74. The number of aromatic carboxylic acids is 1. The van der Waals surface area contributed by atoms with Crippen LogP contribution in [0.25, 0.3) is 6.08 Å². The molecule has 0 radical (unpaired) electrons. The lowest BCUT2D eigenvalue weighted by molar-refractivity contribution is 0.0698. The van der Waals surface area contributed by atoms with Gasteiger partial charge in [-0.15, -0.1) is 11.3 Å². The summed E-state index contributed by atoms with van der Waals surface area (Å²) in [4.78, 5) is 10.9. The summed E-state index contributed by atoms with van der Waals surface area (Å²) in [7, 11) is 0. The van der Waals surface area contributed by atoms with E-state index in [4.69, 9.17) is 9.84 Å². The maximum atomic E-state index is 10.6. The van der Waals surface area contributed by atoms with E-state index in [1.54, 1.807) is 5.38 Å². The molecule has 2 rings (SSSR count). The molecule has 4 heteroatoms. The molecule has 1 aliphatic rings. The normalized spacial score (nSPS) is 13.7. The van der Waals surface area contributed by atoms with Crippen LogP contribution in [0.2, 0.25) is 0 Å². The first-order valence-corrected chi connectivity index (χ1v) is 4.31. The van der Waals surface area contributed by atoms with E-state index in [1.165, 1.54) is 11.3 Å². The maximum absolute atomic E-state index is 10.6. The summed E-state index contributed by atoms with van der Waals surface area (Å²) < 4.78 is 5.20. The quantitative estimate of drug-likeness (QED) is 0.721. The van der Waals surface area contributed by atoms with E-state index >= 15 is 0 Å². The third kappa shape index (κ3) is 1.00. The Balaban J connectivity index is 2.53. The topological polar surface area (TPSA) is 46.5 Å². The molecule has 1 aromatic heterocycles. The molecule has 0 amide bonds. The standard InChI is InChI=1S/C8H6O3S/c9-8(10)7-6-5(4-12-7)2-1-3-11-6/h1-2,4H,3H2,(H,9,10). The van der Waals surface area contributed by atoms with Gasteiger partial charge in [-0.3, -0.25) is 0 Å². The predicted molar refractivity (Wildman–Crippen MR) is 45.8 cm³/mol. The molecule has 0 atom stereocenters. The largest absolute Gasteiger partial charge is 0.487 e. The Morgan fingerprint density at radius 1 is 1.67 bits per heavy atom. The van der Waals surface area contributed by atoms with Gasteiger partial charge in [0.05, 0.1) is 0 Å². The van der Waals surface area contributed by atoms with Crippen molar-refractivity contribution in [3.05, 3.63) is 21.9 Å². The Morgan fingerprint density at radius 3 is 3.25 bits per heavy atom. The number of hydrogen-bond donors (Lipinski definition) is 1. The van der Waals surface area contributed by atoms with E-state index in [9.17, 15) is 4.79 Å². The monoisotopic (exact) mass is 182 g/mol. The van der Waals surface area contributed by atoms with Crippen molar-refractivity contribution in [2.75, 3.05) is 6.61 Å². The summed E-state index contributed by atoms with van der Waals surface area (Å²) in [5, 5.41) is 10.5. The predicted octanol–water partition coefficient (Wildman–Crippen LogP) is 1.85. The van der Waals surface area contributed by atoms with E-state index in [-0.39, 0.29) is 4.88 Å². The fraction of sp³-hybridized carbons (Fsp3) is 0.125. The van der Waals surface area contributed by atoms with Crippen molar-refractivity contribution in [3.8, 4) is 5.75 Å². The van der Waals surface area contributed by atoms with Gasteiger partial charge in [-0.1, -0.05) is 6.08 Å². The highest BCUT2D eigenvalue weighted by Gasteiger charge is 2.18. The molecular formula is C8H6O3S. The summed E-state index contributed by atoms with van der Waals surface area (Å²) in [6.45, 7) is 0.462. The lowest BCUT2D eigenvalue weighted by atomic mass is 10.2. The third-order valence-electron chi connectivity index (χ3n) is 1.59. The molecule has 1 aromatic rings. The summed E-state index contributed by atoms with van der Waals surface area (Å²) in [5.41, 5.74) is 0.864. The lowest BCUT2D eigenvalue weighted by Gasteiger charge is -2.07. The number of fused-ring (bicyclic) bond motifs is 1. The fourth-order valence-electron chi connectivity index (χ4n) is 1.08. The fourth-order valence-corrected chi connectivity index (χ4v) is 1.89. The number of carboxylic acids is 1. The molecule has 2 heterocycles. The summed E-state index contributed by atoms with van der Waals surface area (Å²) >= 11 is 1.20. The molecule has 1 N–H and O–H groups in total. The Kier molecular flexibility index (Phi) is 1.62. The van der Waals surface area contributed by atoms with Crippen molar-refractivity contribution >= 4 is 23.4 Å². The van der Waals surface area contributed by atoms with Crippen LogP contribution in [0.15, 0.2) is 11.5 Å². The van der Waals surface area contributed by atoms with Crippen molar-refractivity contribution in [2.24, 2.45) is 0 Å². The molecule has 0 spiro atoms. The minimum absolute atomic E-state index is 0.286. The average Bonchev–Trinajstić information content (AvgIpc) is 2.47. The molecule has 0 aromatic carbocycles. The Hall–Kier alpha value is -1.29. The highest BCUT2D eigenvalue weighted by Crippen LogP contribution is 2.33. The van der Waals surface area contributed by atoms with Gasteiger partial charge in [0.15, 0.2) is 10.6 Å². The SMILES string of the molecule is O=C(O)c1scc2c1OCC=C2. The first kappa shape index (κ1) is 7.36. The van der Waals surface area contributed by atoms with Crippen LogP contribution in [-0.2, 0) is 0 Å². The number of ether oxygens (including phenoxy) is 1. The molecule has 0 saturated carbocycles. The van der Waals surface area contributed by atoms with Crippen molar-refractivity contribution < 1.29 is 14.6 Å². The number of hydrogen-bond acceptors (Lipinski definition) is 3. The molecule has 0 fully saturated rings. The zero-order valence-corrected chi connectivity index (χ0v) is 6.93. The molecule has 62 valence electrons. The van der Waals surface area contributed by atoms with Gasteiger partial charge in [-0.25, -0.2) is 4.79 Å². The second kappa shape index (κ2) is 2.64. The minimum atomic E-state index is -0.920. The van der Waals surface area contributed by atoms with Gasteiger partial charge < -0.3 is 9.84 Å². The number of carbonyl (C=O) groups is 1. The van der Waals surface area contributed by atoms with Crippen LogP contribution in [-0.4, -0.2) is 17.7 Å². The van der Waals surface area contributed by atoms with E-state index in [0.29, 0.717) is 12.4 Å². The molecular weight excluding hydrogens is 176 g/mol. The molecule has 0 aliphatic carbocycles. The number of rotatable bonds is 1. The smallest absolute Gasteiger partial charge is 0.349 e. The summed E-state index contributed by atoms with van der Waals surface area (Å²) in [5.74, 6) is -0.411. The van der Waals surface area contributed by atoms with Crippen molar-refractivity contribution in [3.63, 3.8) is 0 Å². The second-order valence-corrected chi connectivity index (χ2v) is 3.25. The molecule has 1 aliphatic heterocycles. The van der Waals surface area contributed by atoms with Crippen LogP contribution < -0.4 is 4.74 Å². The van der Waals surface area contributed by atoms with Crippen molar-refractivity contribution in [2.45, 2.75) is 0 Å². The zero-order valence-electron chi connectivity index (χ0n) is 6.11. The van der Waals surface area contributed by atoms with Crippen LogP contribution in [0.5, 0.6) is 5.75 Å². The molecule has 0 saturated heterocycles. The first-order chi connectivity index (χ1) is 5.79. The maximum Gasteiger partial charge on any atom is 0.349 e.